The van der Waals surface area contributed by atoms with Crippen LogP contribution in [-0.4, -0.2) is 68.5 Å². The third-order valence-electron chi connectivity index (χ3n) is 8.67. The first-order chi connectivity index (χ1) is 21.7. The summed E-state index contributed by atoms with van der Waals surface area (Å²) < 4.78 is 11.9. The van der Waals surface area contributed by atoms with Crippen molar-refractivity contribution in [3.05, 3.63) is 71.7 Å². The Balaban J connectivity index is 0.000000289. The predicted molar refractivity (Wildman–Crippen MR) is 185 cm³/mol. The Bertz CT molecular complexity index is 1290. The van der Waals surface area contributed by atoms with Gasteiger partial charge in [-0.05, 0) is 80.3 Å². The molecule has 6 N–H and O–H groups in total. The monoisotopic (exact) mass is 619 g/mol. The molecular formula is C36H55N6O3+. The van der Waals surface area contributed by atoms with E-state index in [1.165, 1.54) is 37.9 Å². The van der Waals surface area contributed by atoms with Gasteiger partial charge in [0.05, 0.1) is 45.1 Å². The number of nitrogens with zero attached hydrogens (tertiary/aromatic N) is 3. The summed E-state index contributed by atoms with van der Waals surface area (Å²) in [4.78, 5) is 20.8. The molecule has 0 spiro atoms. The number of nitrogen functional groups attached to an aromatic ring is 1. The number of primary amides is 1. The van der Waals surface area contributed by atoms with E-state index < -0.39 is 5.91 Å². The van der Waals surface area contributed by atoms with Crippen LogP contribution in [0.25, 0.3) is 11.1 Å². The SMILES string of the molecule is CC[N+](C)(c1cc(C(C)C)nc(CCCOCCOCCN)n1)C1CCCCC1.NC(=O)c1ccc(-c2ccc(N)cc2)cc1. The Kier molecular flexibility index (Phi) is 14.9. The quantitative estimate of drug-likeness (QED) is 0.110. The molecule has 0 radical (unpaired) electrons. The molecule has 1 aliphatic carbocycles. The second-order valence-corrected chi connectivity index (χ2v) is 12.3. The van der Waals surface area contributed by atoms with E-state index >= 15 is 0 Å². The summed E-state index contributed by atoms with van der Waals surface area (Å²) >= 11 is 0. The number of amides is 1. The fourth-order valence-corrected chi connectivity index (χ4v) is 5.67. The average molecular weight is 620 g/mol. The van der Waals surface area contributed by atoms with Gasteiger partial charge in [-0.1, -0.05) is 44.5 Å². The van der Waals surface area contributed by atoms with Crippen molar-refractivity contribution < 1.29 is 14.3 Å². The molecule has 1 aliphatic rings. The molecule has 1 heterocycles. The summed E-state index contributed by atoms with van der Waals surface area (Å²) in [7, 11) is 2.37. The molecule has 0 bridgehead atoms. The molecule has 1 unspecified atom stereocenters. The maximum Gasteiger partial charge on any atom is 0.248 e. The molecule has 0 saturated heterocycles. The summed E-state index contributed by atoms with van der Waals surface area (Å²) in [6.45, 7) is 10.9. The van der Waals surface area contributed by atoms with Crippen molar-refractivity contribution in [2.24, 2.45) is 11.5 Å². The normalized spacial score (nSPS) is 14.9. The maximum absolute atomic E-state index is 10.9. The summed E-state index contributed by atoms with van der Waals surface area (Å²) in [6, 6.07) is 17.7. The molecule has 3 aromatic rings. The summed E-state index contributed by atoms with van der Waals surface area (Å²) in [6.07, 6.45) is 8.47. The molecule has 1 saturated carbocycles. The highest BCUT2D eigenvalue weighted by atomic mass is 16.5. The van der Waals surface area contributed by atoms with Gasteiger partial charge >= 0.3 is 0 Å². The van der Waals surface area contributed by atoms with E-state index in [2.05, 4.69) is 33.9 Å². The fraction of sp³-hybridized carbons (Fsp3) is 0.528. The van der Waals surface area contributed by atoms with E-state index in [0.717, 1.165) is 52.2 Å². The van der Waals surface area contributed by atoms with Crippen LogP contribution in [0.2, 0.25) is 0 Å². The van der Waals surface area contributed by atoms with E-state index in [-0.39, 0.29) is 0 Å². The van der Waals surface area contributed by atoms with Crippen molar-refractivity contribution in [2.45, 2.75) is 77.7 Å². The maximum atomic E-state index is 10.9. The zero-order valence-electron chi connectivity index (χ0n) is 27.8. The minimum absolute atomic E-state index is 0.406. The van der Waals surface area contributed by atoms with Crippen molar-refractivity contribution in [3.63, 3.8) is 0 Å². The summed E-state index contributed by atoms with van der Waals surface area (Å²) in [5.41, 5.74) is 20.7. The fourth-order valence-electron chi connectivity index (χ4n) is 5.67. The third-order valence-corrected chi connectivity index (χ3v) is 8.67. The van der Waals surface area contributed by atoms with Crippen LogP contribution < -0.4 is 21.7 Å². The van der Waals surface area contributed by atoms with Crippen molar-refractivity contribution in [1.82, 2.24) is 14.5 Å². The van der Waals surface area contributed by atoms with Gasteiger partial charge < -0.3 is 26.7 Å². The van der Waals surface area contributed by atoms with Gasteiger partial charge in [-0.25, -0.2) is 4.98 Å². The van der Waals surface area contributed by atoms with Crippen molar-refractivity contribution in [3.8, 4) is 11.1 Å². The van der Waals surface area contributed by atoms with Crippen LogP contribution in [-0.2, 0) is 15.9 Å². The highest BCUT2D eigenvalue weighted by molar-refractivity contribution is 5.93. The average Bonchev–Trinajstić information content (AvgIpc) is 3.06. The molecule has 1 amide bonds. The van der Waals surface area contributed by atoms with Crippen molar-refractivity contribution in [1.29, 1.82) is 0 Å². The molecule has 1 aromatic heterocycles. The molecule has 9 nitrogen and oxygen atoms in total. The van der Waals surface area contributed by atoms with Crippen molar-refractivity contribution >= 4 is 17.4 Å². The smallest absolute Gasteiger partial charge is 0.248 e. The first-order valence-corrected chi connectivity index (χ1v) is 16.5. The van der Waals surface area contributed by atoms with E-state index in [1.807, 2.05) is 36.4 Å². The molecule has 1 atom stereocenters. The number of benzene rings is 2. The number of carbonyl (C=O) groups is 1. The molecule has 2 aromatic carbocycles. The lowest BCUT2D eigenvalue weighted by Gasteiger charge is -2.41. The third kappa shape index (κ3) is 11.2. The van der Waals surface area contributed by atoms with Gasteiger partial charge in [-0.2, -0.15) is 4.98 Å². The van der Waals surface area contributed by atoms with Crippen molar-refractivity contribution in [2.75, 3.05) is 52.3 Å². The lowest BCUT2D eigenvalue weighted by Crippen LogP contribution is -2.54. The number of quaternary nitrogens is 1. The molecule has 1 fully saturated rings. The van der Waals surface area contributed by atoms with Crippen LogP contribution in [0.4, 0.5) is 11.5 Å². The first-order valence-electron chi connectivity index (χ1n) is 16.5. The van der Waals surface area contributed by atoms with Crippen LogP contribution in [0.15, 0.2) is 54.6 Å². The van der Waals surface area contributed by atoms with Gasteiger partial charge in [0, 0.05) is 36.9 Å². The zero-order chi connectivity index (χ0) is 32.7. The Hall–Kier alpha value is -3.37. The van der Waals surface area contributed by atoms with E-state index in [0.29, 0.717) is 50.5 Å². The topological polar surface area (TPSA) is 139 Å². The van der Waals surface area contributed by atoms with Crippen LogP contribution in [0.1, 0.15) is 87.1 Å². The number of rotatable bonds is 15. The number of carbonyl (C=O) groups excluding carboxylic acids is 1. The largest absolute Gasteiger partial charge is 0.399 e. The van der Waals surface area contributed by atoms with Gasteiger partial charge in [0.15, 0.2) is 0 Å². The standard InChI is InChI=1S/C23H43N4O2.C13H12N2O/c1-5-27(4,20-10-7-6-8-11-20)23-18-21(19(2)3)25-22(26-23)12-9-14-28-16-17-29-15-13-24;14-12-7-5-10(6-8-12)9-1-3-11(4-2-9)13(15)16/h18-20H,5-17,24H2,1-4H3;1-8H,14H2,(H2,15,16)/q+1;. The molecular weight excluding hydrogens is 564 g/mol. The highest BCUT2D eigenvalue weighted by Crippen LogP contribution is 2.33. The lowest BCUT2D eigenvalue weighted by molar-refractivity contribution is 0.0498. The Labute approximate surface area is 270 Å². The second-order valence-electron chi connectivity index (χ2n) is 12.3. The van der Waals surface area contributed by atoms with Crippen LogP contribution in [0.5, 0.6) is 0 Å². The number of hydrogen-bond donors (Lipinski definition) is 3. The number of ether oxygens (including phenoxy) is 2. The van der Waals surface area contributed by atoms with E-state index in [4.69, 9.17) is 36.6 Å². The molecule has 0 aliphatic heterocycles. The number of anilines is 1. The van der Waals surface area contributed by atoms with E-state index in [1.54, 1.807) is 12.1 Å². The number of aromatic nitrogens is 2. The zero-order valence-corrected chi connectivity index (χ0v) is 27.8. The number of hydrogen-bond acceptors (Lipinski definition) is 7. The minimum atomic E-state index is -0.413. The minimum Gasteiger partial charge on any atom is -0.399 e. The highest BCUT2D eigenvalue weighted by Gasteiger charge is 2.36. The van der Waals surface area contributed by atoms with Gasteiger partial charge in [-0.3, -0.25) is 9.28 Å². The predicted octanol–water partition coefficient (Wildman–Crippen LogP) is 5.85. The van der Waals surface area contributed by atoms with Crippen LogP contribution in [0.3, 0.4) is 0 Å². The Morgan fingerprint density at radius 3 is 2.07 bits per heavy atom. The van der Waals surface area contributed by atoms with Gasteiger partial charge in [0.25, 0.3) is 0 Å². The molecule has 9 heteroatoms. The van der Waals surface area contributed by atoms with Gasteiger partial charge in [-0.15, -0.1) is 0 Å². The summed E-state index contributed by atoms with van der Waals surface area (Å²) in [5, 5.41) is 0. The van der Waals surface area contributed by atoms with Crippen LogP contribution in [0, 0.1) is 0 Å². The van der Waals surface area contributed by atoms with Crippen LogP contribution >= 0.6 is 0 Å². The molecule has 246 valence electrons. The number of nitrogens with two attached hydrogens (primary N) is 3. The molecule has 4 rings (SSSR count). The Morgan fingerprint density at radius 1 is 0.911 bits per heavy atom. The lowest BCUT2D eigenvalue weighted by atomic mass is 9.92. The second kappa shape index (κ2) is 18.6. The molecule has 45 heavy (non-hydrogen) atoms. The van der Waals surface area contributed by atoms with Gasteiger partial charge in [0.1, 0.15) is 5.82 Å². The van der Waals surface area contributed by atoms with E-state index in [9.17, 15) is 4.79 Å². The first kappa shape index (κ1) is 36.1. The van der Waals surface area contributed by atoms with Gasteiger partial charge in [0.2, 0.25) is 11.7 Å². The number of aryl methyl sites for hydroxylation is 1. The Morgan fingerprint density at radius 2 is 1.51 bits per heavy atom. The summed E-state index contributed by atoms with van der Waals surface area (Å²) in [5.74, 6) is 2.15.